The van der Waals surface area contributed by atoms with Gasteiger partial charge in [-0.25, -0.2) is 0 Å². The number of rotatable bonds is 6. The van der Waals surface area contributed by atoms with Crippen LogP contribution in [0.1, 0.15) is 39.0 Å². The minimum atomic E-state index is 0.230. The predicted octanol–water partition coefficient (Wildman–Crippen LogP) is 1.17. The highest BCUT2D eigenvalue weighted by Gasteiger charge is 2.23. The van der Waals surface area contributed by atoms with Gasteiger partial charge in [0.05, 0.1) is 25.2 Å². The maximum absolute atomic E-state index is 12.1. The molecule has 0 aromatic heterocycles. The summed E-state index contributed by atoms with van der Waals surface area (Å²) >= 11 is 0. The fourth-order valence-electron chi connectivity index (χ4n) is 2.94. The van der Waals surface area contributed by atoms with Gasteiger partial charge in [0.1, 0.15) is 0 Å². The first kappa shape index (κ1) is 15.7. The van der Waals surface area contributed by atoms with Crippen molar-refractivity contribution in [3.05, 3.63) is 0 Å². The molecule has 5 nitrogen and oxygen atoms in total. The third-order valence-corrected chi connectivity index (χ3v) is 4.15. The molecule has 0 aromatic rings. The van der Waals surface area contributed by atoms with Crippen molar-refractivity contribution in [3.8, 4) is 0 Å². The zero-order valence-corrected chi connectivity index (χ0v) is 12.6. The quantitative estimate of drug-likeness (QED) is 0.795. The zero-order valence-electron chi connectivity index (χ0n) is 12.6. The Bertz CT molecular complexity index is 285. The molecule has 1 amide bonds. The molecule has 0 atom stereocenters. The number of ether oxygens (including phenoxy) is 2. The molecule has 0 aromatic carbocycles. The van der Waals surface area contributed by atoms with E-state index in [2.05, 4.69) is 5.32 Å². The highest BCUT2D eigenvalue weighted by atomic mass is 16.5. The van der Waals surface area contributed by atoms with Gasteiger partial charge in [-0.15, -0.1) is 0 Å². The largest absolute Gasteiger partial charge is 0.378 e. The second kappa shape index (κ2) is 8.60. The van der Waals surface area contributed by atoms with E-state index in [0.717, 1.165) is 58.5 Å². The average molecular weight is 284 g/mol. The van der Waals surface area contributed by atoms with Crippen molar-refractivity contribution < 1.29 is 14.3 Å². The molecule has 0 radical (unpaired) electrons. The van der Waals surface area contributed by atoms with E-state index in [1.807, 2.05) is 11.8 Å². The number of nitrogens with one attached hydrogen (secondary N) is 1. The van der Waals surface area contributed by atoms with Crippen molar-refractivity contribution in [1.29, 1.82) is 0 Å². The van der Waals surface area contributed by atoms with Crippen molar-refractivity contribution in [2.75, 3.05) is 39.4 Å². The van der Waals surface area contributed by atoms with Gasteiger partial charge in [-0.1, -0.05) is 0 Å². The van der Waals surface area contributed by atoms with Crippen LogP contribution < -0.4 is 5.32 Å². The smallest absolute Gasteiger partial charge is 0.224 e. The molecule has 20 heavy (non-hydrogen) atoms. The zero-order chi connectivity index (χ0) is 14.2. The first-order valence-corrected chi connectivity index (χ1v) is 8.01. The van der Waals surface area contributed by atoms with E-state index in [9.17, 15) is 4.79 Å². The molecule has 2 fully saturated rings. The van der Waals surface area contributed by atoms with Crippen LogP contribution in [0.25, 0.3) is 0 Å². The first-order chi connectivity index (χ1) is 9.79. The molecule has 2 heterocycles. The molecule has 0 bridgehead atoms. The Morgan fingerprint density at radius 3 is 2.40 bits per heavy atom. The lowest BCUT2D eigenvalue weighted by Gasteiger charge is -2.32. The molecule has 5 heteroatoms. The fourth-order valence-corrected chi connectivity index (χ4v) is 2.94. The van der Waals surface area contributed by atoms with E-state index in [1.54, 1.807) is 0 Å². The van der Waals surface area contributed by atoms with Gasteiger partial charge in [-0.2, -0.15) is 0 Å². The predicted molar refractivity (Wildman–Crippen MR) is 77.7 cm³/mol. The molecule has 1 N–H and O–H groups in total. The molecule has 2 rings (SSSR count). The Kier molecular flexibility index (Phi) is 6.76. The Hall–Kier alpha value is -0.650. The van der Waals surface area contributed by atoms with Crippen molar-refractivity contribution in [2.24, 2.45) is 0 Å². The summed E-state index contributed by atoms with van der Waals surface area (Å²) in [6.45, 7) is 7.08. The van der Waals surface area contributed by atoms with Gasteiger partial charge < -0.3 is 19.7 Å². The van der Waals surface area contributed by atoms with Crippen LogP contribution >= 0.6 is 0 Å². The normalized spacial score (nSPS) is 22.1. The van der Waals surface area contributed by atoms with Gasteiger partial charge >= 0.3 is 0 Å². The second-order valence-corrected chi connectivity index (χ2v) is 5.61. The minimum absolute atomic E-state index is 0.230. The fraction of sp³-hybridized carbons (Fsp3) is 0.933. The highest BCUT2D eigenvalue weighted by Crippen LogP contribution is 2.15. The molecule has 2 saturated heterocycles. The van der Waals surface area contributed by atoms with Crippen LogP contribution in [0.3, 0.4) is 0 Å². The van der Waals surface area contributed by atoms with Gasteiger partial charge in [0.2, 0.25) is 5.91 Å². The summed E-state index contributed by atoms with van der Waals surface area (Å²) in [5.41, 5.74) is 0. The lowest BCUT2D eigenvalue weighted by Crippen LogP contribution is -2.41. The van der Waals surface area contributed by atoms with E-state index >= 15 is 0 Å². The molecule has 0 unspecified atom stereocenters. The number of hydrogen-bond donors (Lipinski definition) is 1. The molecule has 0 spiro atoms. The molecule has 116 valence electrons. The van der Waals surface area contributed by atoms with Crippen molar-refractivity contribution in [2.45, 2.75) is 51.2 Å². The number of hydrogen-bond acceptors (Lipinski definition) is 4. The maximum atomic E-state index is 12.1. The van der Waals surface area contributed by atoms with Gasteiger partial charge in [0.25, 0.3) is 0 Å². The summed E-state index contributed by atoms with van der Waals surface area (Å²) in [4.78, 5) is 14.1. The third kappa shape index (κ3) is 5.04. The number of carbonyl (C=O) groups excluding carboxylic acids is 1. The topological polar surface area (TPSA) is 50.8 Å². The van der Waals surface area contributed by atoms with E-state index in [-0.39, 0.29) is 5.91 Å². The van der Waals surface area contributed by atoms with Gasteiger partial charge in [-0.3, -0.25) is 4.79 Å². The van der Waals surface area contributed by atoms with E-state index in [0.29, 0.717) is 25.2 Å². The summed E-state index contributed by atoms with van der Waals surface area (Å²) in [7, 11) is 0. The van der Waals surface area contributed by atoms with Crippen LogP contribution in [-0.2, 0) is 14.3 Å². The van der Waals surface area contributed by atoms with Crippen LogP contribution in [0, 0.1) is 0 Å². The molecule has 0 aliphatic carbocycles. The standard InChI is InChI=1S/C15H28N2O3/c1-2-19-14-5-10-17(11-6-14)15(18)7-12-20-13-3-8-16-9-4-13/h13-14,16H,2-12H2,1H3. The van der Waals surface area contributed by atoms with E-state index in [1.165, 1.54) is 0 Å². The highest BCUT2D eigenvalue weighted by molar-refractivity contribution is 5.76. The van der Waals surface area contributed by atoms with Crippen molar-refractivity contribution >= 4 is 5.91 Å². The van der Waals surface area contributed by atoms with Gasteiger partial charge in [0.15, 0.2) is 0 Å². The Labute approximate surface area is 122 Å². The van der Waals surface area contributed by atoms with Crippen molar-refractivity contribution in [1.82, 2.24) is 10.2 Å². The van der Waals surface area contributed by atoms with E-state index < -0.39 is 0 Å². The number of likely N-dealkylation sites (tertiary alicyclic amines) is 1. The summed E-state index contributed by atoms with van der Waals surface area (Å²) in [5.74, 6) is 0.230. The second-order valence-electron chi connectivity index (χ2n) is 5.61. The maximum Gasteiger partial charge on any atom is 0.224 e. The monoisotopic (exact) mass is 284 g/mol. The third-order valence-electron chi connectivity index (χ3n) is 4.15. The summed E-state index contributed by atoms with van der Waals surface area (Å²) in [6, 6.07) is 0. The Balaban J connectivity index is 1.58. The summed E-state index contributed by atoms with van der Waals surface area (Å²) in [5, 5.41) is 3.31. The number of carbonyl (C=O) groups is 1. The first-order valence-electron chi connectivity index (χ1n) is 8.01. The molecule has 2 aliphatic heterocycles. The molecule has 2 aliphatic rings. The van der Waals surface area contributed by atoms with Crippen LogP contribution in [0.4, 0.5) is 0 Å². The summed E-state index contributed by atoms with van der Waals surface area (Å²) in [6.07, 6.45) is 5.26. The van der Waals surface area contributed by atoms with Gasteiger partial charge in [0, 0.05) is 19.7 Å². The molecular weight excluding hydrogens is 256 g/mol. The van der Waals surface area contributed by atoms with Crippen molar-refractivity contribution in [3.63, 3.8) is 0 Å². The van der Waals surface area contributed by atoms with Gasteiger partial charge in [-0.05, 0) is 45.7 Å². The lowest BCUT2D eigenvalue weighted by atomic mass is 10.1. The average Bonchev–Trinajstić information content (AvgIpc) is 2.49. The van der Waals surface area contributed by atoms with Crippen LogP contribution in [0.15, 0.2) is 0 Å². The number of piperidine rings is 2. The molecular formula is C15H28N2O3. The summed E-state index contributed by atoms with van der Waals surface area (Å²) < 4.78 is 11.4. The van der Waals surface area contributed by atoms with Crippen LogP contribution in [0.5, 0.6) is 0 Å². The molecule has 0 saturated carbocycles. The lowest BCUT2D eigenvalue weighted by molar-refractivity contribution is -0.135. The number of amides is 1. The Morgan fingerprint density at radius 1 is 1.10 bits per heavy atom. The number of nitrogens with zero attached hydrogens (tertiary/aromatic N) is 1. The van der Waals surface area contributed by atoms with Crippen LogP contribution in [0.2, 0.25) is 0 Å². The SMILES string of the molecule is CCOC1CCN(C(=O)CCOC2CCNCC2)CC1. The van der Waals surface area contributed by atoms with E-state index in [4.69, 9.17) is 9.47 Å². The van der Waals surface area contributed by atoms with Crippen LogP contribution in [-0.4, -0.2) is 62.4 Å². The Morgan fingerprint density at radius 2 is 1.75 bits per heavy atom. The minimum Gasteiger partial charge on any atom is -0.378 e.